The molecule has 3 rings (SSSR count). The van der Waals surface area contributed by atoms with E-state index in [1.165, 1.54) is 31.3 Å². The number of methoxy groups -OCH3 is 2. The Labute approximate surface area is 186 Å². The van der Waals surface area contributed by atoms with Crippen LogP contribution in [-0.2, 0) is 9.59 Å². The minimum absolute atomic E-state index is 0.0569. The van der Waals surface area contributed by atoms with Crippen molar-refractivity contribution in [2.24, 2.45) is 0 Å². The van der Waals surface area contributed by atoms with E-state index in [4.69, 9.17) is 25.5 Å². The highest BCUT2D eigenvalue weighted by atomic mass is 35.5. The number of likely N-dealkylation sites (tertiary alicyclic amines) is 1. The molecule has 1 aromatic heterocycles. The van der Waals surface area contributed by atoms with Gasteiger partial charge in [0.2, 0.25) is 0 Å². The minimum atomic E-state index is -0.836. The zero-order valence-electron chi connectivity index (χ0n) is 18.0. The van der Waals surface area contributed by atoms with Gasteiger partial charge in [-0.3, -0.25) is 9.59 Å². The predicted octanol–water partition coefficient (Wildman–Crippen LogP) is 4.87. The fourth-order valence-corrected chi connectivity index (χ4v) is 3.96. The Morgan fingerprint density at radius 2 is 1.87 bits per heavy atom. The summed E-state index contributed by atoms with van der Waals surface area (Å²) in [6.07, 6.45) is 2.61. The Balaban J connectivity index is 2.19. The maximum Gasteiger partial charge on any atom is 0.295 e. The van der Waals surface area contributed by atoms with Gasteiger partial charge in [-0.15, -0.1) is 0 Å². The highest BCUT2D eigenvalue weighted by Gasteiger charge is 2.47. The quantitative estimate of drug-likeness (QED) is 0.269. The summed E-state index contributed by atoms with van der Waals surface area (Å²) in [5, 5.41) is 11.5. The molecule has 1 aromatic carbocycles. The summed E-state index contributed by atoms with van der Waals surface area (Å²) < 4.78 is 16.4. The molecule has 1 aliphatic rings. The van der Waals surface area contributed by atoms with E-state index in [9.17, 15) is 14.7 Å². The van der Waals surface area contributed by atoms with Crippen LogP contribution in [0.15, 0.2) is 34.3 Å². The summed E-state index contributed by atoms with van der Waals surface area (Å²) in [6, 6.07) is 5.60. The molecule has 1 saturated heterocycles. The van der Waals surface area contributed by atoms with Crippen LogP contribution in [0.3, 0.4) is 0 Å². The lowest BCUT2D eigenvalue weighted by atomic mass is 9.98. The normalized spacial score (nSPS) is 18.0. The number of benzene rings is 1. The van der Waals surface area contributed by atoms with Crippen molar-refractivity contribution in [1.82, 2.24) is 4.90 Å². The third-order valence-electron chi connectivity index (χ3n) is 5.30. The highest BCUT2D eigenvalue weighted by Crippen LogP contribution is 2.43. The van der Waals surface area contributed by atoms with E-state index in [-0.39, 0.29) is 27.7 Å². The Hall–Kier alpha value is -2.93. The summed E-state index contributed by atoms with van der Waals surface area (Å²) in [5.41, 5.74) is 0.141. The molecule has 0 radical (unpaired) electrons. The second-order valence-corrected chi connectivity index (χ2v) is 7.74. The zero-order valence-corrected chi connectivity index (χ0v) is 18.8. The summed E-state index contributed by atoms with van der Waals surface area (Å²) >= 11 is 6.17. The molecule has 1 N–H and O–H groups in total. The largest absolute Gasteiger partial charge is 0.507 e. The SMILES string of the molecule is CCCCCN1C(=O)C(=O)/C(=C(/O)c2cc(OC)c(Cl)cc2OC)C1c1ccc(C)o1. The maximum absolute atomic E-state index is 13.0. The first-order valence-corrected chi connectivity index (χ1v) is 10.5. The number of rotatable bonds is 8. The van der Waals surface area contributed by atoms with E-state index in [0.29, 0.717) is 23.8 Å². The highest BCUT2D eigenvalue weighted by molar-refractivity contribution is 6.46. The molecule has 0 saturated carbocycles. The molecule has 1 atom stereocenters. The molecule has 2 heterocycles. The van der Waals surface area contributed by atoms with Gasteiger partial charge in [0, 0.05) is 12.6 Å². The van der Waals surface area contributed by atoms with Gasteiger partial charge < -0.3 is 23.9 Å². The van der Waals surface area contributed by atoms with Crippen molar-refractivity contribution in [3.63, 3.8) is 0 Å². The molecular formula is C23H26ClNO6. The lowest BCUT2D eigenvalue weighted by Crippen LogP contribution is -2.30. The summed E-state index contributed by atoms with van der Waals surface area (Å²) in [4.78, 5) is 27.4. The fourth-order valence-electron chi connectivity index (χ4n) is 3.73. The van der Waals surface area contributed by atoms with Gasteiger partial charge in [0.15, 0.2) is 0 Å². The van der Waals surface area contributed by atoms with Crippen LogP contribution < -0.4 is 9.47 Å². The van der Waals surface area contributed by atoms with Crippen molar-refractivity contribution in [2.45, 2.75) is 39.2 Å². The molecule has 0 spiro atoms. The molecule has 7 nitrogen and oxygen atoms in total. The first kappa shape index (κ1) is 22.7. The number of Topliss-reactive ketones (excluding diaryl/α,β-unsaturated/α-hetero) is 1. The first-order chi connectivity index (χ1) is 14.8. The van der Waals surface area contributed by atoms with E-state index in [1.807, 2.05) is 0 Å². The van der Waals surface area contributed by atoms with Gasteiger partial charge >= 0.3 is 0 Å². The van der Waals surface area contributed by atoms with E-state index >= 15 is 0 Å². The second-order valence-electron chi connectivity index (χ2n) is 7.34. The average molecular weight is 448 g/mol. The van der Waals surface area contributed by atoms with Crippen molar-refractivity contribution >= 4 is 29.1 Å². The van der Waals surface area contributed by atoms with Crippen LogP contribution in [0.25, 0.3) is 5.76 Å². The van der Waals surface area contributed by atoms with Crippen LogP contribution in [0.5, 0.6) is 11.5 Å². The number of furan rings is 1. The standard InChI is InChI=1S/C23H26ClNO6/c1-5-6-7-10-25-20(16-9-8-13(2)31-16)19(22(27)23(25)28)21(26)14-11-18(30-4)15(24)12-17(14)29-3/h8-9,11-12,20,26H,5-7,10H2,1-4H3/b21-19+. The Morgan fingerprint density at radius 1 is 1.16 bits per heavy atom. The number of carbonyl (C=O) groups is 2. The van der Waals surface area contributed by atoms with Crippen LogP contribution in [0, 0.1) is 6.92 Å². The van der Waals surface area contributed by atoms with Crippen molar-refractivity contribution in [2.75, 3.05) is 20.8 Å². The topological polar surface area (TPSA) is 89.2 Å². The molecule has 8 heteroatoms. The molecule has 1 aliphatic heterocycles. The van der Waals surface area contributed by atoms with E-state index < -0.39 is 17.7 Å². The summed E-state index contributed by atoms with van der Waals surface area (Å²) in [5.74, 6) is -0.223. The molecule has 0 aliphatic carbocycles. The number of aliphatic hydroxyl groups excluding tert-OH is 1. The number of unbranched alkanes of at least 4 members (excludes halogenated alkanes) is 2. The summed E-state index contributed by atoms with van der Waals surface area (Å²) in [6.45, 7) is 4.21. The van der Waals surface area contributed by atoms with E-state index in [1.54, 1.807) is 19.1 Å². The average Bonchev–Trinajstić information content (AvgIpc) is 3.29. The molecule has 1 amide bonds. The van der Waals surface area contributed by atoms with Gasteiger partial charge in [0.1, 0.15) is 34.8 Å². The number of carbonyl (C=O) groups excluding carboxylic acids is 2. The summed E-state index contributed by atoms with van der Waals surface area (Å²) in [7, 11) is 2.86. The number of ether oxygens (including phenoxy) is 2. The van der Waals surface area contributed by atoms with Gasteiger partial charge in [0.05, 0.1) is 30.4 Å². The van der Waals surface area contributed by atoms with E-state index in [0.717, 1.165) is 19.3 Å². The Morgan fingerprint density at radius 3 is 2.45 bits per heavy atom. The van der Waals surface area contributed by atoms with Gasteiger partial charge in [-0.2, -0.15) is 0 Å². The predicted molar refractivity (Wildman–Crippen MR) is 117 cm³/mol. The van der Waals surface area contributed by atoms with Gasteiger partial charge in [-0.25, -0.2) is 0 Å². The van der Waals surface area contributed by atoms with Crippen LogP contribution >= 0.6 is 11.6 Å². The molecule has 2 aromatic rings. The van der Waals surface area contributed by atoms with Crippen LogP contribution in [0.4, 0.5) is 0 Å². The Bertz CT molecular complexity index is 1030. The third-order valence-corrected chi connectivity index (χ3v) is 5.60. The smallest absolute Gasteiger partial charge is 0.295 e. The van der Waals surface area contributed by atoms with Crippen LogP contribution in [0.2, 0.25) is 5.02 Å². The molecule has 0 bridgehead atoms. The number of nitrogens with zero attached hydrogens (tertiary/aromatic N) is 1. The van der Waals surface area contributed by atoms with Crippen LogP contribution in [0.1, 0.15) is 49.3 Å². The van der Waals surface area contributed by atoms with Gasteiger partial charge in [0.25, 0.3) is 11.7 Å². The molecule has 166 valence electrons. The zero-order chi connectivity index (χ0) is 22.7. The maximum atomic E-state index is 13.0. The van der Waals surface area contributed by atoms with Crippen LogP contribution in [-0.4, -0.2) is 42.5 Å². The van der Waals surface area contributed by atoms with Crippen molar-refractivity contribution in [3.8, 4) is 11.5 Å². The van der Waals surface area contributed by atoms with E-state index in [2.05, 4.69) is 6.92 Å². The number of halogens is 1. The third kappa shape index (κ3) is 4.28. The first-order valence-electron chi connectivity index (χ1n) is 10.1. The number of hydrogen-bond donors (Lipinski definition) is 1. The second kappa shape index (κ2) is 9.47. The Kier molecular flexibility index (Phi) is 6.95. The monoisotopic (exact) mass is 447 g/mol. The number of aryl methyl sites for hydroxylation is 1. The van der Waals surface area contributed by atoms with Crippen molar-refractivity contribution in [1.29, 1.82) is 0 Å². The number of hydrogen-bond acceptors (Lipinski definition) is 6. The molecule has 31 heavy (non-hydrogen) atoms. The fraction of sp³-hybridized carbons (Fsp3) is 0.391. The van der Waals surface area contributed by atoms with Gasteiger partial charge in [-0.05, 0) is 31.5 Å². The molecular weight excluding hydrogens is 422 g/mol. The van der Waals surface area contributed by atoms with Crippen molar-refractivity contribution < 1.29 is 28.6 Å². The number of amides is 1. The lowest BCUT2D eigenvalue weighted by molar-refractivity contribution is -0.140. The van der Waals surface area contributed by atoms with Gasteiger partial charge in [-0.1, -0.05) is 31.4 Å². The minimum Gasteiger partial charge on any atom is -0.507 e. The number of ketones is 1. The molecule has 1 unspecified atom stereocenters. The molecule has 1 fully saturated rings. The lowest BCUT2D eigenvalue weighted by Gasteiger charge is -2.23. The van der Waals surface area contributed by atoms with Crippen molar-refractivity contribution in [3.05, 3.63) is 51.9 Å². The number of aliphatic hydroxyl groups is 1.